The van der Waals surface area contributed by atoms with Crippen molar-refractivity contribution in [3.05, 3.63) is 24.0 Å². The summed E-state index contributed by atoms with van der Waals surface area (Å²) in [5.41, 5.74) is 7.49. The standard InChI is InChI=1S/C14H23N3/c1-11-3-7-14(8-4-11)17(2)10-13-6-5-12(15)9-16-13/h5-6,9,11,14H,3-4,7-8,10,15H2,1-2H3. The molecule has 0 bridgehead atoms. The van der Waals surface area contributed by atoms with Crippen LogP contribution in [0.1, 0.15) is 38.3 Å². The fourth-order valence-corrected chi connectivity index (χ4v) is 2.60. The summed E-state index contributed by atoms with van der Waals surface area (Å²) in [6.45, 7) is 3.29. The molecular weight excluding hydrogens is 210 g/mol. The van der Waals surface area contributed by atoms with Gasteiger partial charge in [0.2, 0.25) is 0 Å². The van der Waals surface area contributed by atoms with E-state index in [9.17, 15) is 0 Å². The fourth-order valence-electron chi connectivity index (χ4n) is 2.60. The number of nitrogens with two attached hydrogens (primary N) is 1. The molecule has 2 N–H and O–H groups in total. The highest BCUT2D eigenvalue weighted by molar-refractivity contribution is 5.34. The number of pyridine rings is 1. The zero-order valence-electron chi connectivity index (χ0n) is 10.9. The van der Waals surface area contributed by atoms with Crippen molar-refractivity contribution in [1.82, 2.24) is 9.88 Å². The minimum Gasteiger partial charge on any atom is -0.397 e. The van der Waals surface area contributed by atoms with Gasteiger partial charge in [0.1, 0.15) is 0 Å². The number of nitrogen functional groups attached to an aromatic ring is 1. The molecule has 1 heterocycles. The van der Waals surface area contributed by atoms with Gasteiger partial charge in [-0.15, -0.1) is 0 Å². The van der Waals surface area contributed by atoms with Crippen molar-refractivity contribution in [3.63, 3.8) is 0 Å². The van der Waals surface area contributed by atoms with Crippen LogP contribution in [0.4, 0.5) is 5.69 Å². The lowest BCUT2D eigenvalue weighted by Crippen LogP contribution is -2.34. The normalized spacial score (nSPS) is 25.1. The van der Waals surface area contributed by atoms with Gasteiger partial charge in [0, 0.05) is 12.6 Å². The summed E-state index contributed by atoms with van der Waals surface area (Å²) < 4.78 is 0. The van der Waals surface area contributed by atoms with E-state index >= 15 is 0 Å². The quantitative estimate of drug-likeness (QED) is 0.872. The minimum atomic E-state index is 0.727. The summed E-state index contributed by atoms with van der Waals surface area (Å²) in [6, 6.07) is 4.68. The molecule has 2 rings (SSSR count). The first-order valence-electron chi connectivity index (χ1n) is 6.56. The van der Waals surface area contributed by atoms with E-state index in [-0.39, 0.29) is 0 Å². The predicted octanol–water partition coefficient (Wildman–Crippen LogP) is 2.67. The molecule has 0 amide bonds. The van der Waals surface area contributed by atoms with Crippen molar-refractivity contribution < 1.29 is 0 Å². The first-order chi connectivity index (χ1) is 8.15. The highest BCUT2D eigenvalue weighted by atomic mass is 15.1. The molecule has 0 radical (unpaired) electrons. The Kier molecular flexibility index (Phi) is 4.00. The zero-order valence-corrected chi connectivity index (χ0v) is 10.9. The monoisotopic (exact) mass is 233 g/mol. The van der Waals surface area contributed by atoms with Crippen LogP contribution in [0.15, 0.2) is 18.3 Å². The molecular formula is C14H23N3. The Morgan fingerprint density at radius 3 is 2.59 bits per heavy atom. The van der Waals surface area contributed by atoms with E-state index in [4.69, 9.17) is 5.73 Å². The molecule has 1 saturated carbocycles. The Balaban J connectivity index is 1.88. The van der Waals surface area contributed by atoms with Gasteiger partial charge in [-0.3, -0.25) is 9.88 Å². The molecule has 0 aliphatic heterocycles. The van der Waals surface area contributed by atoms with Crippen LogP contribution in [0.25, 0.3) is 0 Å². The van der Waals surface area contributed by atoms with Crippen molar-refractivity contribution >= 4 is 5.69 Å². The number of hydrogen-bond acceptors (Lipinski definition) is 3. The molecule has 1 aromatic rings. The summed E-state index contributed by atoms with van der Waals surface area (Å²) in [5.74, 6) is 0.911. The molecule has 3 heteroatoms. The van der Waals surface area contributed by atoms with Crippen LogP contribution in [0, 0.1) is 5.92 Å². The number of anilines is 1. The van der Waals surface area contributed by atoms with E-state index in [1.54, 1.807) is 6.20 Å². The van der Waals surface area contributed by atoms with Crippen molar-refractivity contribution in [2.75, 3.05) is 12.8 Å². The van der Waals surface area contributed by atoms with Gasteiger partial charge < -0.3 is 5.73 Å². The lowest BCUT2D eigenvalue weighted by Gasteiger charge is -2.33. The average molecular weight is 233 g/mol. The molecule has 0 saturated heterocycles. The van der Waals surface area contributed by atoms with Gasteiger partial charge in [-0.1, -0.05) is 6.92 Å². The molecule has 1 aromatic heterocycles. The second-order valence-electron chi connectivity index (χ2n) is 5.41. The fraction of sp³-hybridized carbons (Fsp3) is 0.643. The van der Waals surface area contributed by atoms with E-state index in [0.29, 0.717) is 0 Å². The molecule has 3 nitrogen and oxygen atoms in total. The van der Waals surface area contributed by atoms with E-state index in [0.717, 1.165) is 29.9 Å². The smallest absolute Gasteiger partial charge is 0.0545 e. The third-order valence-corrected chi connectivity index (χ3v) is 3.87. The molecule has 0 aromatic carbocycles. The van der Waals surface area contributed by atoms with Crippen LogP contribution < -0.4 is 5.73 Å². The molecule has 17 heavy (non-hydrogen) atoms. The summed E-state index contributed by atoms with van der Waals surface area (Å²) in [6.07, 6.45) is 7.12. The van der Waals surface area contributed by atoms with E-state index in [2.05, 4.69) is 23.9 Å². The molecule has 1 aliphatic rings. The Morgan fingerprint density at radius 2 is 2.00 bits per heavy atom. The van der Waals surface area contributed by atoms with Gasteiger partial charge in [0.25, 0.3) is 0 Å². The summed E-state index contributed by atoms with van der Waals surface area (Å²) in [4.78, 5) is 6.80. The van der Waals surface area contributed by atoms with Crippen LogP contribution in [-0.2, 0) is 6.54 Å². The van der Waals surface area contributed by atoms with Gasteiger partial charge in [0.05, 0.1) is 17.6 Å². The maximum absolute atomic E-state index is 5.64. The SMILES string of the molecule is CC1CCC(N(C)Cc2ccc(N)cn2)CC1. The van der Waals surface area contributed by atoms with E-state index < -0.39 is 0 Å². The lowest BCUT2D eigenvalue weighted by molar-refractivity contribution is 0.162. The summed E-state index contributed by atoms with van der Waals surface area (Å²) in [7, 11) is 2.21. The van der Waals surface area contributed by atoms with Crippen LogP contribution in [0.5, 0.6) is 0 Å². The Labute approximate surface area is 104 Å². The average Bonchev–Trinajstić information content (AvgIpc) is 2.33. The maximum atomic E-state index is 5.64. The van der Waals surface area contributed by atoms with Crippen molar-refractivity contribution in [2.45, 2.75) is 45.2 Å². The number of nitrogens with zero attached hydrogens (tertiary/aromatic N) is 2. The zero-order chi connectivity index (χ0) is 12.3. The predicted molar refractivity (Wildman–Crippen MR) is 71.5 cm³/mol. The lowest BCUT2D eigenvalue weighted by atomic mass is 9.87. The highest BCUT2D eigenvalue weighted by Crippen LogP contribution is 2.27. The van der Waals surface area contributed by atoms with Gasteiger partial charge in [-0.25, -0.2) is 0 Å². The molecule has 1 aliphatic carbocycles. The Hall–Kier alpha value is -1.09. The Bertz CT molecular complexity index is 339. The van der Waals surface area contributed by atoms with E-state index in [1.165, 1.54) is 25.7 Å². The van der Waals surface area contributed by atoms with Crippen LogP contribution in [0.3, 0.4) is 0 Å². The number of rotatable bonds is 3. The first-order valence-corrected chi connectivity index (χ1v) is 6.56. The van der Waals surface area contributed by atoms with Gasteiger partial charge in [-0.05, 0) is 50.8 Å². The third kappa shape index (κ3) is 3.43. The summed E-state index contributed by atoms with van der Waals surface area (Å²) in [5, 5.41) is 0. The Morgan fingerprint density at radius 1 is 1.29 bits per heavy atom. The highest BCUT2D eigenvalue weighted by Gasteiger charge is 2.21. The number of hydrogen-bond donors (Lipinski definition) is 1. The van der Waals surface area contributed by atoms with Gasteiger partial charge in [0.15, 0.2) is 0 Å². The molecule has 94 valence electrons. The van der Waals surface area contributed by atoms with Crippen molar-refractivity contribution in [3.8, 4) is 0 Å². The van der Waals surface area contributed by atoms with Crippen molar-refractivity contribution in [1.29, 1.82) is 0 Å². The maximum Gasteiger partial charge on any atom is 0.0545 e. The van der Waals surface area contributed by atoms with Gasteiger partial charge in [-0.2, -0.15) is 0 Å². The topological polar surface area (TPSA) is 42.1 Å². The largest absolute Gasteiger partial charge is 0.397 e. The summed E-state index contributed by atoms with van der Waals surface area (Å²) >= 11 is 0. The number of aromatic nitrogens is 1. The first kappa shape index (κ1) is 12.4. The molecule has 0 unspecified atom stereocenters. The van der Waals surface area contributed by atoms with Gasteiger partial charge >= 0.3 is 0 Å². The second kappa shape index (κ2) is 5.50. The molecule has 1 fully saturated rings. The molecule has 0 atom stereocenters. The van der Waals surface area contributed by atoms with E-state index in [1.807, 2.05) is 12.1 Å². The van der Waals surface area contributed by atoms with Crippen LogP contribution >= 0.6 is 0 Å². The van der Waals surface area contributed by atoms with Crippen LogP contribution in [-0.4, -0.2) is 23.0 Å². The minimum absolute atomic E-state index is 0.727. The molecule has 0 spiro atoms. The third-order valence-electron chi connectivity index (χ3n) is 3.87. The second-order valence-corrected chi connectivity index (χ2v) is 5.41. The van der Waals surface area contributed by atoms with Crippen LogP contribution in [0.2, 0.25) is 0 Å². The van der Waals surface area contributed by atoms with Crippen molar-refractivity contribution in [2.24, 2.45) is 5.92 Å².